The zero-order valence-electron chi connectivity index (χ0n) is 11.7. The number of nitrogens with two attached hydrogens (primary N) is 1. The van der Waals surface area contributed by atoms with Crippen molar-refractivity contribution in [1.82, 2.24) is 5.32 Å². The number of nitro benzene ring substituents is 1. The predicted molar refractivity (Wildman–Crippen MR) is 85.2 cm³/mol. The van der Waals surface area contributed by atoms with Crippen molar-refractivity contribution in [2.24, 2.45) is 5.73 Å². The molecule has 0 aliphatic carbocycles. The van der Waals surface area contributed by atoms with Crippen LogP contribution < -0.4 is 11.1 Å². The molecule has 1 aromatic carbocycles. The number of hydrogen-bond acceptors (Lipinski definition) is 4. The van der Waals surface area contributed by atoms with Gasteiger partial charge in [-0.25, -0.2) is 0 Å². The zero-order chi connectivity index (χ0) is 15.1. The number of hydrogen-bond donors (Lipinski definition) is 2. The van der Waals surface area contributed by atoms with E-state index in [4.69, 9.17) is 17.3 Å². The van der Waals surface area contributed by atoms with E-state index in [2.05, 4.69) is 12.2 Å². The number of carbonyl (C=O) groups is 1. The van der Waals surface area contributed by atoms with E-state index in [1.54, 1.807) is 0 Å². The van der Waals surface area contributed by atoms with Gasteiger partial charge >= 0.3 is 0 Å². The van der Waals surface area contributed by atoms with Crippen LogP contribution in [-0.2, 0) is 0 Å². The third-order valence-electron chi connectivity index (χ3n) is 2.93. The number of unbranched alkanes of at least 4 members (excludes halogenated alkanes) is 1. The first-order chi connectivity index (χ1) is 9.49. The van der Waals surface area contributed by atoms with E-state index < -0.39 is 4.92 Å². The van der Waals surface area contributed by atoms with Crippen molar-refractivity contribution in [3.63, 3.8) is 0 Å². The topological polar surface area (TPSA) is 98.3 Å². The van der Waals surface area contributed by atoms with Crippen LogP contribution in [0.25, 0.3) is 0 Å². The third kappa shape index (κ3) is 5.87. The number of amides is 1. The highest BCUT2D eigenvalue weighted by Gasteiger charge is 2.17. The molecule has 0 heterocycles. The van der Waals surface area contributed by atoms with Gasteiger partial charge in [-0.1, -0.05) is 31.4 Å². The Bertz CT molecular complexity index is 498. The monoisotopic (exact) mass is 335 g/mol. The fourth-order valence-corrected chi connectivity index (χ4v) is 2.02. The molecule has 1 rings (SSSR count). The second-order valence-electron chi connectivity index (χ2n) is 4.47. The predicted octanol–water partition coefficient (Wildman–Crippen LogP) is 2.92. The van der Waals surface area contributed by atoms with E-state index in [-0.39, 0.29) is 40.6 Å². The highest BCUT2D eigenvalue weighted by Crippen LogP contribution is 2.22. The summed E-state index contributed by atoms with van der Waals surface area (Å²) in [7, 11) is 0. The number of non-ortho nitro benzene ring substituents is 1. The van der Waals surface area contributed by atoms with Gasteiger partial charge in [0.2, 0.25) is 0 Å². The Labute approximate surface area is 134 Å². The number of rotatable bonds is 7. The Hall–Kier alpha value is -1.37. The first kappa shape index (κ1) is 19.6. The molecule has 0 bridgehead atoms. The minimum atomic E-state index is -0.558. The van der Waals surface area contributed by atoms with Gasteiger partial charge in [0.1, 0.15) is 0 Å². The molecule has 1 aromatic rings. The Morgan fingerprint density at radius 1 is 1.52 bits per heavy atom. The smallest absolute Gasteiger partial charge is 0.270 e. The fraction of sp³-hybridized carbons (Fsp3) is 0.462. The molecule has 21 heavy (non-hydrogen) atoms. The molecule has 0 aliphatic heterocycles. The van der Waals surface area contributed by atoms with Crippen molar-refractivity contribution in [1.29, 1.82) is 0 Å². The Balaban J connectivity index is 0.00000400. The molecule has 1 atom stereocenters. The van der Waals surface area contributed by atoms with Gasteiger partial charge in [0.25, 0.3) is 11.6 Å². The molecule has 0 aromatic heterocycles. The number of halogens is 2. The normalized spacial score (nSPS) is 11.4. The lowest BCUT2D eigenvalue weighted by Crippen LogP contribution is -2.40. The standard InChI is InChI=1S/C13H18ClN3O3.ClH/c1-2-3-4-9(8-15)16-13(18)11-6-5-10(17(19)20)7-12(11)14;/h5-7,9H,2-4,8,15H2,1H3,(H,16,18);1H. The maximum atomic E-state index is 12.1. The Morgan fingerprint density at radius 3 is 2.67 bits per heavy atom. The summed E-state index contributed by atoms with van der Waals surface area (Å²) in [6.45, 7) is 2.40. The highest BCUT2D eigenvalue weighted by atomic mass is 35.5. The molecule has 0 radical (unpaired) electrons. The molecule has 0 aliphatic rings. The molecule has 118 valence electrons. The second-order valence-corrected chi connectivity index (χ2v) is 4.88. The van der Waals surface area contributed by atoms with Gasteiger partial charge in [0.05, 0.1) is 15.5 Å². The van der Waals surface area contributed by atoms with Crippen molar-refractivity contribution >= 4 is 35.6 Å². The van der Waals surface area contributed by atoms with Crippen LogP contribution in [0.3, 0.4) is 0 Å². The third-order valence-corrected chi connectivity index (χ3v) is 3.25. The minimum Gasteiger partial charge on any atom is -0.348 e. The molecule has 6 nitrogen and oxygen atoms in total. The summed E-state index contributed by atoms with van der Waals surface area (Å²) < 4.78 is 0. The lowest BCUT2D eigenvalue weighted by atomic mass is 10.1. The van der Waals surface area contributed by atoms with Crippen molar-refractivity contribution in [3.05, 3.63) is 38.9 Å². The summed E-state index contributed by atoms with van der Waals surface area (Å²) in [5, 5.41) is 13.5. The van der Waals surface area contributed by atoms with Crippen LogP contribution in [-0.4, -0.2) is 23.4 Å². The first-order valence-electron chi connectivity index (χ1n) is 6.44. The molecule has 8 heteroatoms. The molecular weight excluding hydrogens is 317 g/mol. The van der Waals surface area contributed by atoms with Crippen LogP contribution in [0.5, 0.6) is 0 Å². The van der Waals surface area contributed by atoms with Crippen molar-refractivity contribution < 1.29 is 9.72 Å². The van der Waals surface area contributed by atoms with Gasteiger partial charge in [-0.2, -0.15) is 0 Å². The van der Waals surface area contributed by atoms with Crippen LogP contribution in [0.2, 0.25) is 5.02 Å². The van der Waals surface area contributed by atoms with E-state index in [1.807, 2.05) is 0 Å². The fourth-order valence-electron chi connectivity index (χ4n) is 1.76. The van der Waals surface area contributed by atoms with Crippen LogP contribution >= 0.6 is 24.0 Å². The first-order valence-corrected chi connectivity index (χ1v) is 6.82. The number of benzene rings is 1. The summed E-state index contributed by atoms with van der Waals surface area (Å²) >= 11 is 5.90. The van der Waals surface area contributed by atoms with Crippen molar-refractivity contribution in [2.75, 3.05) is 6.54 Å². The van der Waals surface area contributed by atoms with Crippen molar-refractivity contribution in [2.45, 2.75) is 32.2 Å². The summed E-state index contributed by atoms with van der Waals surface area (Å²) in [4.78, 5) is 22.1. The summed E-state index contributed by atoms with van der Waals surface area (Å²) in [5.41, 5.74) is 5.67. The minimum absolute atomic E-state index is 0. The Kier molecular flexibility index (Phi) is 8.92. The van der Waals surface area contributed by atoms with Crippen LogP contribution in [0, 0.1) is 10.1 Å². The quantitative estimate of drug-likeness (QED) is 0.591. The largest absolute Gasteiger partial charge is 0.348 e. The van der Waals surface area contributed by atoms with E-state index in [0.29, 0.717) is 6.54 Å². The molecule has 1 unspecified atom stereocenters. The molecule has 0 saturated carbocycles. The molecule has 3 N–H and O–H groups in total. The summed E-state index contributed by atoms with van der Waals surface area (Å²) in [6.07, 6.45) is 2.78. The van der Waals surface area contributed by atoms with Gasteiger partial charge < -0.3 is 11.1 Å². The average molecular weight is 336 g/mol. The number of carbonyl (C=O) groups excluding carboxylic acids is 1. The molecule has 0 saturated heterocycles. The average Bonchev–Trinajstić information content (AvgIpc) is 2.42. The van der Waals surface area contributed by atoms with Crippen molar-refractivity contribution in [3.8, 4) is 0 Å². The van der Waals surface area contributed by atoms with E-state index in [1.165, 1.54) is 18.2 Å². The van der Waals surface area contributed by atoms with Gasteiger partial charge in [0, 0.05) is 24.7 Å². The van der Waals surface area contributed by atoms with Gasteiger partial charge in [-0.15, -0.1) is 12.4 Å². The van der Waals surface area contributed by atoms with Gasteiger partial charge in [-0.05, 0) is 12.5 Å². The maximum Gasteiger partial charge on any atom is 0.270 e. The lowest BCUT2D eigenvalue weighted by molar-refractivity contribution is -0.384. The number of nitrogens with one attached hydrogen (secondary N) is 1. The van der Waals surface area contributed by atoms with Crippen LogP contribution in [0.1, 0.15) is 36.5 Å². The molecule has 0 fully saturated rings. The maximum absolute atomic E-state index is 12.1. The Morgan fingerprint density at radius 2 is 2.19 bits per heavy atom. The van der Waals surface area contributed by atoms with Gasteiger partial charge in [-0.3, -0.25) is 14.9 Å². The van der Waals surface area contributed by atoms with Gasteiger partial charge in [0.15, 0.2) is 0 Å². The van der Waals surface area contributed by atoms with Crippen LogP contribution in [0.15, 0.2) is 18.2 Å². The number of nitrogens with zero attached hydrogens (tertiary/aromatic N) is 1. The number of nitro groups is 1. The second kappa shape index (κ2) is 9.55. The SMILES string of the molecule is CCCCC(CN)NC(=O)c1ccc([N+](=O)[O-])cc1Cl.Cl. The molecule has 1 amide bonds. The summed E-state index contributed by atoms with van der Waals surface area (Å²) in [5.74, 6) is -0.364. The van der Waals surface area contributed by atoms with E-state index in [0.717, 1.165) is 19.3 Å². The lowest BCUT2D eigenvalue weighted by Gasteiger charge is -2.16. The zero-order valence-corrected chi connectivity index (χ0v) is 13.2. The summed E-state index contributed by atoms with van der Waals surface area (Å²) in [6, 6.07) is 3.65. The molecule has 0 spiro atoms. The van der Waals surface area contributed by atoms with E-state index >= 15 is 0 Å². The van der Waals surface area contributed by atoms with Crippen LogP contribution in [0.4, 0.5) is 5.69 Å². The highest BCUT2D eigenvalue weighted by molar-refractivity contribution is 6.34. The molecular formula is C13H19Cl2N3O3. The van der Waals surface area contributed by atoms with E-state index in [9.17, 15) is 14.9 Å².